The van der Waals surface area contributed by atoms with Gasteiger partial charge in [-0.3, -0.25) is 0 Å². The van der Waals surface area contributed by atoms with E-state index in [2.05, 4.69) is 156 Å². The number of allylic oxidation sites excluding steroid dienone is 4. The first kappa shape index (κ1) is 32.4. The number of nitrogens with one attached hydrogen (secondary N) is 1. The quantitative estimate of drug-likeness (QED) is 0.195. The highest BCUT2D eigenvalue weighted by Gasteiger charge is 2.41. The first-order valence-corrected chi connectivity index (χ1v) is 17.5. The smallest absolute Gasteiger partial charge is 0.178 e. The molecule has 3 nitrogen and oxygen atoms in total. The highest BCUT2D eigenvalue weighted by atomic mass is 16.6. The van der Waals surface area contributed by atoms with E-state index in [0.29, 0.717) is 5.92 Å². The van der Waals surface area contributed by atoms with Gasteiger partial charge in [0.25, 0.3) is 0 Å². The molecule has 0 aromatic heterocycles. The number of ether oxygens (including phenoxy) is 2. The van der Waals surface area contributed by atoms with Crippen molar-refractivity contribution in [3.05, 3.63) is 155 Å². The van der Waals surface area contributed by atoms with Crippen LogP contribution >= 0.6 is 0 Å². The topological polar surface area (TPSA) is 42.3 Å². The summed E-state index contributed by atoms with van der Waals surface area (Å²) in [7, 11) is 0. The minimum atomic E-state index is -0.0978. The van der Waals surface area contributed by atoms with E-state index >= 15 is 0 Å². The number of fused-ring (bicyclic) bond motifs is 9. The molecule has 0 bridgehead atoms. The zero-order chi connectivity index (χ0) is 34.5. The molecular weight excluding hydrogens is 599 g/mol. The summed E-state index contributed by atoms with van der Waals surface area (Å²) in [5, 5.41) is 5.50. The fourth-order valence-electron chi connectivity index (χ4n) is 8.53. The second kappa shape index (κ2) is 12.4. The lowest BCUT2D eigenvalue weighted by Gasteiger charge is -2.32. The molecule has 2 unspecified atom stereocenters. The predicted octanol–water partition coefficient (Wildman–Crippen LogP) is 12.8. The Hall–Kier alpha value is -5.15. The Bertz CT molecular complexity index is 2130. The lowest BCUT2D eigenvalue weighted by molar-refractivity contribution is 0.353. The van der Waals surface area contributed by atoms with Crippen molar-refractivity contribution in [2.75, 3.05) is 0 Å². The fourth-order valence-corrected chi connectivity index (χ4v) is 8.53. The van der Waals surface area contributed by atoms with E-state index in [-0.39, 0.29) is 16.7 Å². The van der Waals surface area contributed by atoms with Crippen molar-refractivity contribution in [2.45, 2.75) is 64.7 Å². The Morgan fingerprint density at radius 3 is 2.00 bits per heavy atom. The molecule has 9 rings (SSSR count). The molecule has 3 heteroatoms. The van der Waals surface area contributed by atoms with Crippen molar-refractivity contribution >= 4 is 6.72 Å². The average molecular weight is 644 g/mol. The molecule has 1 heterocycles. The highest BCUT2D eigenvalue weighted by Crippen LogP contribution is 2.60. The SMILES string of the molecule is C=N.CC.CC1(C)c2ccccc2-c2ccc(C(c3cccc4c3Oc3ccc5c(c3O4)-c3ccccc3C5(C)C)C3C=CC=CC3)cc21. The monoisotopic (exact) mass is 643 g/mol. The minimum Gasteiger partial charge on any atom is -0.449 e. The van der Waals surface area contributed by atoms with E-state index in [1.54, 1.807) is 0 Å². The first-order valence-electron chi connectivity index (χ1n) is 17.5. The van der Waals surface area contributed by atoms with E-state index in [1.807, 2.05) is 13.8 Å². The van der Waals surface area contributed by atoms with Crippen molar-refractivity contribution in [3.8, 4) is 45.3 Å². The van der Waals surface area contributed by atoms with Gasteiger partial charge in [0.05, 0.1) is 0 Å². The minimum absolute atomic E-state index is 0.0616. The third-order valence-corrected chi connectivity index (χ3v) is 10.8. The molecule has 5 aromatic rings. The molecule has 5 aromatic carbocycles. The van der Waals surface area contributed by atoms with Gasteiger partial charge in [-0.05, 0) is 75.7 Å². The van der Waals surface area contributed by atoms with Crippen molar-refractivity contribution in [1.82, 2.24) is 0 Å². The third-order valence-electron chi connectivity index (χ3n) is 10.8. The number of hydrogen-bond acceptors (Lipinski definition) is 3. The summed E-state index contributed by atoms with van der Waals surface area (Å²) in [5.74, 6) is 3.61. The zero-order valence-electron chi connectivity index (χ0n) is 29.4. The largest absolute Gasteiger partial charge is 0.449 e. The van der Waals surface area contributed by atoms with Crippen molar-refractivity contribution in [2.24, 2.45) is 5.92 Å². The van der Waals surface area contributed by atoms with Gasteiger partial charge in [-0.15, -0.1) is 0 Å². The van der Waals surface area contributed by atoms with Crippen LogP contribution in [0.3, 0.4) is 0 Å². The molecule has 0 spiro atoms. The molecule has 3 aliphatic carbocycles. The Morgan fingerprint density at radius 2 is 1.27 bits per heavy atom. The molecule has 0 fully saturated rings. The van der Waals surface area contributed by atoms with Gasteiger partial charge >= 0.3 is 0 Å². The molecule has 0 radical (unpaired) electrons. The van der Waals surface area contributed by atoms with E-state index in [4.69, 9.17) is 14.9 Å². The standard InChI is InChI=1S/C43H36O2.C2H6.CH3N/c1-42(2)33-19-11-9-16-30(33)39-34(42)23-24-37-41(39)45-36-20-12-17-31(40(36)44-37)38(26-13-6-5-7-14-26)27-21-22-29-28-15-8-10-18-32(28)43(3,4)35(29)25-27;2*1-2/h5-13,15-26,38H,14H2,1-4H3;1-2H3;2H,1H2. The van der Waals surface area contributed by atoms with E-state index < -0.39 is 0 Å². The maximum Gasteiger partial charge on any atom is 0.178 e. The summed E-state index contributed by atoms with van der Waals surface area (Å²) in [5.41, 5.74) is 12.8. The van der Waals surface area contributed by atoms with Crippen LogP contribution in [-0.4, -0.2) is 6.72 Å². The fraction of sp³-hybridized carbons (Fsp3) is 0.239. The van der Waals surface area contributed by atoms with Gasteiger partial charge < -0.3 is 14.9 Å². The van der Waals surface area contributed by atoms with Crippen LogP contribution in [0.5, 0.6) is 23.0 Å². The summed E-state index contributed by atoms with van der Waals surface area (Å²) in [6, 6.07) is 35.5. The Balaban J connectivity index is 0.000000914. The molecule has 1 aliphatic heterocycles. The maximum atomic E-state index is 6.93. The van der Waals surface area contributed by atoms with Crippen LogP contribution in [0.25, 0.3) is 22.3 Å². The van der Waals surface area contributed by atoms with Gasteiger partial charge in [0.15, 0.2) is 23.0 Å². The molecule has 1 N–H and O–H groups in total. The zero-order valence-corrected chi connectivity index (χ0v) is 29.4. The molecule has 2 atom stereocenters. The highest BCUT2D eigenvalue weighted by molar-refractivity contribution is 5.88. The average Bonchev–Trinajstić information content (AvgIpc) is 3.53. The number of para-hydroxylation sites is 1. The maximum absolute atomic E-state index is 6.93. The van der Waals surface area contributed by atoms with E-state index in [0.717, 1.165) is 40.5 Å². The van der Waals surface area contributed by atoms with Gasteiger partial charge in [-0.1, -0.05) is 151 Å². The predicted molar refractivity (Wildman–Crippen MR) is 204 cm³/mol. The van der Waals surface area contributed by atoms with Gasteiger partial charge in [-0.2, -0.15) is 0 Å². The van der Waals surface area contributed by atoms with Gasteiger partial charge in [0.2, 0.25) is 0 Å². The normalized spacial score (nSPS) is 17.9. The summed E-state index contributed by atoms with van der Waals surface area (Å²) >= 11 is 0. The van der Waals surface area contributed by atoms with Crippen molar-refractivity contribution < 1.29 is 9.47 Å². The van der Waals surface area contributed by atoms with Gasteiger partial charge in [0, 0.05) is 27.9 Å². The summed E-state index contributed by atoms with van der Waals surface area (Å²) < 4.78 is 13.8. The van der Waals surface area contributed by atoms with Gasteiger partial charge in [-0.25, -0.2) is 0 Å². The van der Waals surface area contributed by atoms with Crippen LogP contribution in [-0.2, 0) is 10.8 Å². The Labute approximate surface area is 291 Å². The third kappa shape index (κ3) is 4.90. The molecular formula is C46H45NO2. The molecule has 0 saturated carbocycles. The number of hydrogen-bond donors (Lipinski definition) is 1. The van der Waals surface area contributed by atoms with Gasteiger partial charge in [0.1, 0.15) is 0 Å². The van der Waals surface area contributed by atoms with Crippen LogP contribution in [0, 0.1) is 11.3 Å². The lowest BCUT2D eigenvalue weighted by Crippen LogP contribution is -2.18. The summed E-state index contributed by atoms with van der Waals surface area (Å²) in [4.78, 5) is 0. The Morgan fingerprint density at radius 1 is 0.633 bits per heavy atom. The summed E-state index contributed by atoms with van der Waals surface area (Å²) in [6.45, 7) is 15.8. The molecule has 246 valence electrons. The second-order valence-corrected chi connectivity index (χ2v) is 14.0. The van der Waals surface area contributed by atoms with Crippen LogP contribution < -0.4 is 9.47 Å². The Kier molecular flexibility index (Phi) is 8.19. The van der Waals surface area contributed by atoms with Crippen LogP contribution in [0.2, 0.25) is 0 Å². The number of rotatable bonds is 3. The van der Waals surface area contributed by atoms with Crippen LogP contribution in [0.1, 0.15) is 87.3 Å². The van der Waals surface area contributed by atoms with Crippen LogP contribution in [0.15, 0.2) is 121 Å². The molecule has 4 aliphatic rings. The van der Waals surface area contributed by atoms with Crippen molar-refractivity contribution in [1.29, 1.82) is 5.41 Å². The number of benzene rings is 5. The molecule has 49 heavy (non-hydrogen) atoms. The van der Waals surface area contributed by atoms with E-state index in [9.17, 15) is 0 Å². The summed E-state index contributed by atoms with van der Waals surface area (Å²) in [6.07, 6.45) is 9.98. The van der Waals surface area contributed by atoms with Crippen molar-refractivity contribution in [3.63, 3.8) is 0 Å². The second-order valence-electron chi connectivity index (χ2n) is 14.0. The van der Waals surface area contributed by atoms with E-state index in [1.165, 1.54) is 44.5 Å². The van der Waals surface area contributed by atoms with Crippen LogP contribution in [0.4, 0.5) is 0 Å². The molecule has 0 saturated heterocycles. The lowest BCUT2D eigenvalue weighted by atomic mass is 9.75. The first-order chi connectivity index (χ1) is 23.8. The molecule has 0 amide bonds.